The van der Waals surface area contributed by atoms with Crippen molar-refractivity contribution in [3.8, 4) is 0 Å². The highest BCUT2D eigenvalue weighted by atomic mass is 32.2. The normalized spacial score (nSPS) is 12.2. The van der Waals surface area contributed by atoms with E-state index in [-0.39, 0.29) is 13.1 Å². The van der Waals surface area contributed by atoms with Crippen LogP contribution < -0.4 is 16.0 Å². The molecule has 0 saturated heterocycles. The average Bonchev–Trinajstić information content (AvgIpc) is 2.37. The Morgan fingerprint density at radius 3 is 2.27 bits per heavy atom. The summed E-state index contributed by atoms with van der Waals surface area (Å²) in [6.07, 6.45) is 1.64. The molecule has 0 aliphatic rings. The van der Waals surface area contributed by atoms with Crippen LogP contribution in [0.1, 0.15) is 27.2 Å². The summed E-state index contributed by atoms with van der Waals surface area (Å²) in [7, 11) is 0. The fourth-order valence-electron chi connectivity index (χ4n) is 1.36. The zero-order valence-corrected chi connectivity index (χ0v) is 14.2. The Balaban J connectivity index is 3.93. The second-order valence-electron chi connectivity index (χ2n) is 5.50. The van der Waals surface area contributed by atoms with E-state index in [1.807, 2.05) is 6.26 Å². The van der Waals surface area contributed by atoms with Gasteiger partial charge in [0.2, 0.25) is 0 Å². The number of nitrogens with one attached hydrogen (secondary N) is 3. The topological polar surface area (TPSA) is 117 Å². The van der Waals surface area contributed by atoms with Gasteiger partial charge >= 0.3 is 18.1 Å². The van der Waals surface area contributed by atoms with Gasteiger partial charge in [0.05, 0.1) is 0 Å². The van der Waals surface area contributed by atoms with Crippen molar-refractivity contribution in [1.82, 2.24) is 16.0 Å². The van der Waals surface area contributed by atoms with Gasteiger partial charge in [-0.1, -0.05) is 0 Å². The van der Waals surface area contributed by atoms with E-state index in [9.17, 15) is 14.4 Å². The van der Waals surface area contributed by atoms with Crippen LogP contribution in [-0.2, 0) is 9.53 Å². The second kappa shape index (κ2) is 10.1. The number of carbonyl (C=O) groups is 3. The molecule has 0 aromatic rings. The molecule has 128 valence electrons. The van der Waals surface area contributed by atoms with Gasteiger partial charge in [0.1, 0.15) is 11.6 Å². The number of rotatable bonds is 8. The summed E-state index contributed by atoms with van der Waals surface area (Å²) in [5.74, 6) is -0.437. The van der Waals surface area contributed by atoms with Gasteiger partial charge in [0, 0.05) is 13.1 Å². The maximum atomic E-state index is 11.6. The van der Waals surface area contributed by atoms with Gasteiger partial charge in [-0.25, -0.2) is 14.4 Å². The SMILES string of the molecule is CSCCC(NC(=O)NCCNC(=O)OC(C)(C)C)C(=O)O. The molecule has 0 heterocycles. The van der Waals surface area contributed by atoms with Crippen molar-refractivity contribution in [3.05, 3.63) is 0 Å². The number of thioether (sulfide) groups is 1. The molecule has 0 aromatic carbocycles. The first-order valence-electron chi connectivity index (χ1n) is 6.88. The summed E-state index contributed by atoms with van der Waals surface area (Å²) < 4.78 is 5.03. The smallest absolute Gasteiger partial charge is 0.407 e. The standard InChI is InChI=1S/C13H25N3O5S/c1-13(2,3)21-12(20)15-7-6-14-11(19)16-9(10(17)18)5-8-22-4/h9H,5-8H2,1-4H3,(H,15,20)(H,17,18)(H2,14,16,19). The number of amides is 3. The Morgan fingerprint density at radius 2 is 1.77 bits per heavy atom. The number of urea groups is 1. The van der Waals surface area contributed by atoms with Crippen LogP contribution in [0.4, 0.5) is 9.59 Å². The van der Waals surface area contributed by atoms with E-state index >= 15 is 0 Å². The lowest BCUT2D eigenvalue weighted by molar-refractivity contribution is -0.139. The van der Waals surface area contributed by atoms with Gasteiger partial charge in [0.25, 0.3) is 0 Å². The summed E-state index contributed by atoms with van der Waals surface area (Å²) in [4.78, 5) is 33.9. The maximum Gasteiger partial charge on any atom is 0.407 e. The third kappa shape index (κ3) is 11.1. The van der Waals surface area contributed by atoms with E-state index < -0.39 is 29.7 Å². The van der Waals surface area contributed by atoms with E-state index in [0.29, 0.717) is 12.2 Å². The number of ether oxygens (including phenoxy) is 1. The molecule has 8 nitrogen and oxygen atoms in total. The molecule has 9 heteroatoms. The van der Waals surface area contributed by atoms with E-state index in [0.717, 1.165) is 0 Å². The summed E-state index contributed by atoms with van der Waals surface area (Å²) in [5, 5.41) is 16.3. The van der Waals surface area contributed by atoms with Gasteiger partial charge in [-0.2, -0.15) is 11.8 Å². The van der Waals surface area contributed by atoms with E-state index in [4.69, 9.17) is 9.84 Å². The van der Waals surface area contributed by atoms with Crippen molar-refractivity contribution in [3.63, 3.8) is 0 Å². The van der Waals surface area contributed by atoms with Crippen LogP contribution in [0.2, 0.25) is 0 Å². The average molecular weight is 335 g/mol. The van der Waals surface area contributed by atoms with Gasteiger partial charge in [-0.05, 0) is 39.2 Å². The van der Waals surface area contributed by atoms with Crippen LogP contribution in [0.15, 0.2) is 0 Å². The van der Waals surface area contributed by atoms with Crippen LogP contribution in [0.25, 0.3) is 0 Å². The summed E-state index contributed by atoms with van der Waals surface area (Å²) in [6.45, 7) is 5.60. The fourth-order valence-corrected chi connectivity index (χ4v) is 1.83. The molecule has 1 atom stereocenters. The van der Waals surface area contributed by atoms with Crippen LogP contribution in [0.3, 0.4) is 0 Å². The van der Waals surface area contributed by atoms with Crippen LogP contribution >= 0.6 is 11.8 Å². The number of hydrogen-bond donors (Lipinski definition) is 4. The molecule has 22 heavy (non-hydrogen) atoms. The lowest BCUT2D eigenvalue weighted by Gasteiger charge is -2.19. The van der Waals surface area contributed by atoms with Crippen LogP contribution in [-0.4, -0.2) is 59.9 Å². The number of carbonyl (C=O) groups excluding carboxylic acids is 2. The second-order valence-corrected chi connectivity index (χ2v) is 6.49. The zero-order chi connectivity index (χ0) is 17.2. The molecular formula is C13H25N3O5S. The maximum absolute atomic E-state index is 11.6. The molecule has 0 spiro atoms. The summed E-state index contributed by atoms with van der Waals surface area (Å²) in [5.41, 5.74) is -0.582. The Kier molecular flexibility index (Phi) is 9.39. The van der Waals surface area contributed by atoms with Crippen molar-refractivity contribution < 1.29 is 24.2 Å². The Bertz CT molecular complexity index is 384. The highest BCUT2D eigenvalue weighted by Gasteiger charge is 2.19. The quantitative estimate of drug-likeness (QED) is 0.492. The number of aliphatic carboxylic acids is 1. The first-order chi connectivity index (χ1) is 10.2. The van der Waals surface area contributed by atoms with Gasteiger partial charge in [-0.15, -0.1) is 0 Å². The summed E-state index contributed by atoms with van der Waals surface area (Å²) >= 11 is 1.51. The Hall–Kier alpha value is -1.64. The van der Waals surface area contributed by atoms with Crippen molar-refractivity contribution in [1.29, 1.82) is 0 Å². The molecule has 4 N–H and O–H groups in total. The highest BCUT2D eigenvalue weighted by Crippen LogP contribution is 2.06. The fraction of sp³-hybridized carbons (Fsp3) is 0.769. The predicted molar refractivity (Wildman–Crippen MR) is 85.2 cm³/mol. The first-order valence-corrected chi connectivity index (χ1v) is 8.28. The molecule has 0 bridgehead atoms. The third-order valence-corrected chi connectivity index (χ3v) is 2.94. The zero-order valence-electron chi connectivity index (χ0n) is 13.4. The molecule has 3 amide bonds. The van der Waals surface area contributed by atoms with Crippen molar-refractivity contribution in [2.24, 2.45) is 0 Å². The number of hydrogen-bond acceptors (Lipinski definition) is 5. The minimum atomic E-state index is -1.07. The van der Waals surface area contributed by atoms with Gasteiger partial charge in [0.15, 0.2) is 0 Å². The lowest BCUT2D eigenvalue weighted by atomic mass is 10.2. The van der Waals surface area contributed by atoms with Crippen LogP contribution in [0.5, 0.6) is 0 Å². The van der Waals surface area contributed by atoms with Crippen molar-refractivity contribution >= 4 is 29.9 Å². The Labute approximate surface area is 134 Å². The largest absolute Gasteiger partial charge is 0.480 e. The number of carboxylic acid groups (broad SMARTS) is 1. The van der Waals surface area contributed by atoms with E-state index in [1.54, 1.807) is 20.8 Å². The molecule has 0 aromatic heterocycles. The molecule has 0 saturated carbocycles. The molecular weight excluding hydrogens is 310 g/mol. The molecule has 0 rings (SSSR count). The monoisotopic (exact) mass is 335 g/mol. The summed E-state index contributed by atoms with van der Waals surface area (Å²) in [6, 6.07) is -1.51. The third-order valence-electron chi connectivity index (χ3n) is 2.29. The first kappa shape index (κ1) is 20.4. The predicted octanol–water partition coefficient (Wildman–Crippen LogP) is 1.02. The minimum absolute atomic E-state index is 0.167. The molecule has 0 radical (unpaired) electrons. The van der Waals surface area contributed by atoms with Gasteiger partial charge in [-0.3, -0.25) is 0 Å². The molecule has 1 unspecified atom stereocenters. The lowest BCUT2D eigenvalue weighted by Crippen LogP contribution is -2.48. The molecule has 0 aliphatic heterocycles. The van der Waals surface area contributed by atoms with Crippen LogP contribution in [0, 0.1) is 0 Å². The molecule has 0 aliphatic carbocycles. The number of alkyl carbamates (subject to hydrolysis) is 1. The van der Waals surface area contributed by atoms with Crippen molar-refractivity contribution in [2.75, 3.05) is 25.1 Å². The van der Waals surface area contributed by atoms with Crippen molar-refractivity contribution in [2.45, 2.75) is 38.8 Å². The van der Waals surface area contributed by atoms with E-state index in [1.165, 1.54) is 11.8 Å². The highest BCUT2D eigenvalue weighted by molar-refractivity contribution is 7.98. The van der Waals surface area contributed by atoms with E-state index in [2.05, 4.69) is 16.0 Å². The minimum Gasteiger partial charge on any atom is -0.480 e. The van der Waals surface area contributed by atoms with Gasteiger partial charge < -0.3 is 25.8 Å². The molecule has 0 fully saturated rings. The number of carboxylic acids is 1. The Morgan fingerprint density at radius 1 is 1.18 bits per heavy atom.